The Bertz CT molecular complexity index is 4390. The standard InChI is InChI=1S/C42H68N5O8PS.C33H42F5N3O6S.C15H27N2O3P/c1-11-28(6)34(24-38(49)36-16-14-15-21-46(36)9)42(51)47(10)37(27(4)5)25-39(55-30(8)48)41-45-35(26-57-41)40(50)44-33(23-31-17-19-32(43)20-18-31)22-29(7)56(52,53-12-2)54-13-3;1-8-17(4)19(13-23(43)21-11-9-10-12-40(21)6)32(44)41(7)22(16(2)3)14-24(46-18(5)42)31-39-20(15-48-31)33(45)47-30-28(37)26(35)25(34)27(36)29(30)38;1-4-19-21(18,20-5-2)12(3)10-15(17)11-13-6-8-14(16)9-7-13/h17-20,26-29,33-34,36-37,39H,11-16,21-25,43H2,1-10H3,(H,44,50);15-17,19,21-22,24H,8-14H2,1-7H3;6-9,12,15H,4-5,10-11,16-17H2,1-3H3/t28-,29+,33+,34-,36+,37+,39+;17-,19-,21+,22+,24+;12-,15-/m001/s1. The number of benzene rings is 3. The number of nitrogen functional groups attached to an aromatic ring is 2. The highest BCUT2D eigenvalue weighted by atomic mass is 32.1. The van der Waals surface area contributed by atoms with Crippen molar-refractivity contribution in [1.29, 1.82) is 0 Å². The van der Waals surface area contributed by atoms with Crippen molar-refractivity contribution in [3.05, 3.63) is 121 Å². The van der Waals surface area contributed by atoms with Gasteiger partial charge < -0.3 is 64.6 Å². The predicted molar refractivity (Wildman–Crippen MR) is 480 cm³/mol. The van der Waals surface area contributed by atoms with Crippen molar-refractivity contribution < 1.29 is 102 Å². The second-order valence-electron chi connectivity index (χ2n) is 33.7. The molecule has 7 N–H and O–H groups in total. The van der Waals surface area contributed by atoms with Gasteiger partial charge in [-0.15, -0.1) is 22.7 Å². The SMILES string of the molecule is CCOP(=O)(OCC)[C@H](C)C[C@@H](N)Cc1ccc(N)cc1.CCOP(=O)(OCC)[C@H](C)C[C@H](Cc1ccc(N)cc1)NC(=O)c1csc([C@@H](C[C@H](C(C)C)N(C)C(=O)[C@@H](CC(=O)[C@H]2CCCCN2C)[C@@H](C)CC)OC(C)=O)n1.CC[C@H](C)[C@H](CC(=O)[C@H]1CCCCN1C)C(=O)N(C)[C@H](C[C@@H](OC(C)=O)c1nc(C(=O)Oc2c(F)c(F)c(F)c(F)c2F)cs1)C(C)C. The number of carbonyl (C=O) groups is 8. The van der Waals surface area contributed by atoms with E-state index in [1.54, 1.807) is 62.2 Å². The first-order valence-electron chi connectivity index (χ1n) is 43.9. The number of hydrogen-bond donors (Lipinski definition) is 4. The third kappa shape index (κ3) is 32.0. The number of carbonyl (C=O) groups excluding carboxylic acids is 8. The van der Waals surface area contributed by atoms with E-state index in [4.69, 9.17) is 44.8 Å². The van der Waals surface area contributed by atoms with E-state index in [-0.39, 0.29) is 126 Å². The van der Waals surface area contributed by atoms with Crippen molar-refractivity contribution in [2.75, 3.05) is 79.2 Å². The molecule has 126 heavy (non-hydrogen) atoms. The minimum atomic E-state index is -3.46. The lowest BCUT2D eigenvalue weighted by Gasteiger charge is -2.37. The number of piperidine rings is 2. The van der Waals surface area contributed by atoms with Crippen LogP contribution in [0.15, 0.2) is 59.3 Å². The topological polar surface area (TPSA) is 364 Å². The number of anilines is 2. The molecule has 0 saturated carbocycles. The molecule has 7 rings (SSSR count). The first-order chi connectivity index (χ1) is 59.3. The van der Waals surface area contributed by atoms with Crippen LogP contribution >= 0.6 is 37.9 Å². The number of ether oxygens (including phenoxy) is 3. The van der Waals surface area contributed by atoms with Crippen molar-refractivity contribution in [3.8, 4) is 5.75 Å². The summed E-state index contributed by atoms with van der Waals surface area (Å²) in [4.78, 5) is 123. The Balaban J connectivity index is 0.000000367. The summed E-state index contributed by atoms with van der Waals surface area (Å²) in [6.07, 6.45) is 7.69. The highest BCUT2D eigenvalue weighted by Gasteiger charge is 2.43. The van der Waals surface area contributed by atoms with Crippen LogP contribution in [0.2, 0.25) is 0 Å². The number of aromatic nitrogens is 2. The molecule has 2 saturated heterocycles. The molecule has 14 atom stereocenters. The van der Waals surface area contributed by atoms with E-state index in [0.717, 1.165) is 98.5 Å². The Labute approximate surface area is 749 Å². The van der Waals surface area contributed by atoms with Gasteiger partial charge in [-0.05, 0) is 165 Å². The van der Waals surface area contributed by atoms with Crippen LogP contribution < -0.4 is 27.3 Å². The van der Waals surface area contributed by atoms with Crippen molar-refractivity contribution in [2.24, 2.45) is 41.2 Å². The third-order valence-electron chi connectivity index (χ3n) is 23.4. The van der Waals surface area contributed by atoms with Gasteiger partial charge in [0.2, 0.25) is 46.6 Å². The number of ketones is 2. The van der Waals surface area contributed by atoms with Gasteiger partial charge in [0.25, 0.3) is 5.91 Å². The van der Waals surface area contributed by atoms with E-state index >= 15 is 0 Å². The second kappa shape index (κ2) is 52.4. The lowest BCUT2D eigenvalue weighted by Crippen LogP contribution is -2.48. The molecule has 706 valence electrons. The van der Waals surface area contributed by atoms with Gasteiger partial charge in [0, 0.05) is 112 Å². The molecule has 0 spiro atoms. The highest BCUT2D eigenvalue weighted by Crippen LogP contribution is 2.55. The number of likely N-dealkylation sites (N-methyl/N-ethyl adjacent to an activating group) is 2. The van der Waals surface area contributed by atoms with Gasteiger partial charge in [0.05, 0.1) is 49.8 Å². The minimum Gasteiger partial charge on any atom is -0.455 e. The number of esters is 3. The number of nitrogens with two attached hydrogens (primary N) is 3. The molecule has 3 amide bonds. The van der Waals surface area contributed by atoms with Gasteiger partial charge in [-0.25, -0.2) is 27.9 Å². The van der Waals surface area contributed by atoms with Crippen LogP contribution in [-0.4, -0.2) is 192 Å². The lowest BCUT2D eigenvalue weighted by molar-refractivity contribution is -0.150. The number of rotatable bonds is 46. The number of thiazole rings is 2. The van der Waals surface area contributed by atoms with Crippen LogP contribution in [-0.2, 0) is 78.3 Å². The molecule has 0 radical (unpaired) electrons. The summed E-state index contributed by atoms with van der Waals surface area (Å²) in [6, 6.07) is 13.1. The van der Waals surface area contributed by atoms with Crippen LogP contribution in [0.5, 0.6) is 5.75 Å². The molecule has 2 aliphatic rings. The van der Waals surface area contributed by atoms with Crippen LogP contribution in [0.1, 0.15) is 255 Å². The molecular weight excluding hydrogens is 1710 g/mol. The molecule has 2 fully saturated rings. The van der Waals surface area contributed by atoms with E-state index in [1.807, 2.05) is 132 Å². The number of hydrogen-bond acceptors (Lipinski definition) is 26. The number of nitrogens with one attached hydrogen (secondary N) is 1. The Morgan fingerprint density at radius 1 is 0.532 bits per heavy atom. The number of nitrogens with zero attached hydrogens (tertiary/aromatic N) is 6. The van der Waals surface area contributed by atoms with Crippen molar-refractivity contribution in [2.45, 2.75) is 273 Å². The summed E-state index contributed by atoms with van der Waals surface area (Å²) < 4.78 is 133. The number of likely N-dealkylation sites (tertiary alicyclic amines) is 2. The van der Waals surface area contributed by atoms with Crippen LogP contribution in [0, 0.1) is 64.6 Å². The van der Waals surface area contributed by atoms with Crippen LogP contribution in [0.4, 0.5) is 33.3 Å². The molecule has 3 aromatic carbocycles. The quantitative estimate of drug-likeness (QED) is 0.00535. The van der Waals surface area contributed by atoms with E-state index in [9.17, 15) is 69.4 Å². The molecule has 2 aromatic heterocycles. The Morgan fingerprint density at radius 2 is 0.897 bits per heavy atom. The molecule has 5 aromatic rings. The molecule has 0 aliphatic carbocycles. The monoisotopic (exact) mass is 1850 g/mol. The fraction of sp³-hybridized carbons (Fsp3) is 0.644. The third-order valence-corrected chi connectivity index (χ3v) is 30.4. The van der Waals surface area contributed by atoms with E-state index < -0.39 is 121 Å². The van der Waals surface area contributed by atoms with Crippen LogP contribution in [0.3, 0.4) is 0 Å². The Kier molecular flexibility index (Phi) is 45.3. The first kappa shape index (κ1) is 109. The maximum Gasteiger partial charge on any atom is 0.363 e. The summed E-state index contributed by atoms with van der Waals surface area (Å²) in [7, 11) is 0.753. The highest BCUT2D eigenvalue weighted by molar-refractivity contribution is 7.54. The fourth-order valence-corrected chi connectivity index (χ4v) is 21.2. The molecule has 27 nitrogen and oxygen atoms in total. The van der Waals surface area contributed by atoms with E-state index in [0.29, 0.717) is 56.0 Å². The number of halogens is 5. The van der Waals surface area contributed by atoms with Crippen molar-refractivity contribution in [1.82, 2.24) is 34.9 Å². The Hall–Kier alpha value is -7.49. The molecule has 2 aliphatic heterocycles. The Morgan fingerprint density at radius 3 is 1.26 bits per heavy atom. The fourth-order valence-electron chi connectivity index (χ4n) is 15.9. The predicted octanol–water partition coefficient (Wildman–Crippen LogP) is 17.5. The van der Waals surface area contributed by atoms with Crippen molar-refractivity contribution in [3.63, 3.8) is 0 Å². The van der Waals surface area contributed by atoms with Crippen LogP contribution in [0.25, 0.3) is 0 Å². The zero-order chi connectivity index (χ0) is 94.4. The molecule has 0 unspecified atom stereocenters. The first-order valence-corrected chi connectivity index (χ1v) is 48.8. The average molecular weight is 1850 g/mol. The minimum absolute atomic E-state index is 0.00739. The van der Waals surface area contributed by atoms with Crippen molar-refractivity contribution >= 4 is 96.4 Å². The smallest absolute Gasteiger partial charge is 0.363 e. The molecule has 4 heterocycles. The average Bonchev–Trinajstić information content (AvgIpc) is 1.64. The maximum atomic E-state index is 14.3. The summed E-state index contributed by atoms with van der Waals surface area (Å²) in [5.74, 6) is -18.2. The van der Waals surface area contributed by atoms with E-state index in [2.05, 4.69) is 24.9 Å². The van der Waals surface area contributed by atoms with Gasteiger partial charge in [0.15, 0.2) is 29.5 Å². The van der Waals surface area contributed by atoms with Gasteiger partial charge in [-0.1, -0.05) is 119 Å². The summed E-state index contributed by atoms with van der Waals surface area (Å²) in [5, 5.41) is 6.33. The number of amides is 3. The summed E-state index contributed by atoms with van der Waals surface area (Å²) >= 11 is 2.04. The zero-order valence-electron chi connectivity index (χ0n) is 77.0. The maximum absolute atomic E-state index is 14.3. The zero-order valence-corrected chi connectivity index (χ0v) is 80.4. The summed E-state index contributed by atoms with van der Waals surface area (Å²) in [6.45, 7) is 31.9. The van der Waals surface area contributed by atoms with Gasteiger partial charge >= 0.3 is 33.1 Å². The van der Waals surface area contributed by atoms with Gasteiger partial charge in [-0.3, -0.25) is 52.5 Å². The van der Waals surface area contributed by atoms with E-state index in [1.165, 1.54) is 18.3 Å². The molecular formula is C90H137F5N10O17P2S2. The summed E-state index contributed by atoms with van der Waals surface area (Å²) in [5.41, 5.74) is 20.0. The van der Waals surface area contributed by atoms with Gasteiger partial charge in [-0.2, -0.15) is 8.78 Å². The normalized spacial score (nSPS) is 17.5. The molecule has 0 bridgehead atoms. The largest absolute Gasteiger partial charge is 0.455 e. The number of Topliss-reactive ketones (excluding diaryl/α,β-unsaturated/α-hetero) is 2. The molecule has 36 heteroatoms. The lowest BCUT2D eigenvalue weighted by atomic mass is 9.83. The van der Waals surface area contributed by atoms with Gasteiger partial charge in [0.1, 0.15) is 15.7 Å². The second-order valence-corrected chi connectivity index (χ2v) is 40.4.